The number of benzene rings is 2. The van der Waals surface area contributed by atoms with Crippen molar-refractivity contribution >= 4 is 0 Å². The predicted molar refractivity (Wildman–Crippen MR) is 79.4 cm³/mol. The Morgan fingerprint density at radius 2 is 1.80 bits per heavy atom. The number of halogens is 1. The fourth-order valence-corrected chi connectivity index (χ4v) is 2.19. The van der Waals surface area contributed by atoms with Crippen LogP contribution in [0.5, 0.6) is 5.75 Å². The smallest absolute Gasteiger partial charge is 0.126 e. The van der Waals surface area contributed by atoms with Gasteiger partial charge in [0.25, 0.3) is 0 Å². The third-order valence-electron chi connectivity index (χ3n) is 3.33. The molecule has 0 aliphatic carbocycles. The quantitative estimate of drug-likeness (QED) is 0.846. The van der Waals surface area contributed by atoms with Gasteiger partial charge < -0.3 is 10.4 Å². The third-order valence-corrected chi connectivity index (χ3v) is 3.33. The van der Waals surface area contributed by atoms with Crippen molar-refractivity contribution in [3.05, 3.63) is 65.5 Å². The molecule has 1 atom stereocenters. The van der Waals surface area contributed by atoms with E-state index in [-0.39, 0.29) is 17.6 Å². The first kappa shape index (κ1) is 14.5. The Kier molecular flexibility index (Phi) is 5.13. The molecule has 3 heteroatoms. The van der Waals surface area contributed by atoms with Crippen LogP contribution in [0.15, 0.2) is 48.5 Å². The SMILES string of the molecule is CC(Cc1ccccc1F)NCCc1ccc(O)cc1. The van der Waals surface area contributed by atoms with E-state index in [0.29, 0.717) is 6.42 Å². The zero-order valence-corrected chi connectivity index (χ0v) is 11.6. The van der Waals surface area contributed by atoms with Gasteiger partial charge in [-0.05, 0) is 55.6 Å². The molecule has 2 aromatic rings. The van der Waals surface area contributed by atoms with E-state index < -0.39 is 0 Å². The molecule has 0 bridgehead atoms. The molecule has 0 heterocycles. The number of nitrogens with one attached hydrogen (secondary N) is 1. The Morgan fingerprint density at radius 3 is 2.50 bits per heavy atom. The summed E-state index contributed by atoms with van der Waals surface area (Å²) in [5.74, 6) is 0.148. The van der Waals surface area contributed by atoms with E-state index in [9.17, 15) is 9.50 Å². The molecule has 0 saturated heterocycles. The second-order valence-corrected chi connectivity index (χ2v) is 5.07. The Bertz CT molecular complexity index is 539. The molecule has 0 spiro atoms. The molecule has 2 N–H and O–H groups in total. The van der Waals surface area contributed by atoms with Crippen LogP contribution in [0.25, 0.3) is 0 Å². The summed E-state index contributed by atoms with van der Waals surface area (Å²) in [5, 5.41) is 12.6. The van der Waals surface area contributed by atoms with Crippen LogP contribution >= 0.6 is 0 Å². The normalized spacial score (nSPS) is 12.3. The highest BCUT2D eigenvalue weighted by molar-refractivity contribution is 5.26. The monoisotopic (exact) mass is 273 g/mol. The van der Waals surface area contributed by atoms with E-state index in [4.69, 9.17) is 0 Å². The van der Waals surface area contributed by atoms with Crippen LogP contribution in [0.3, 0.4) is 0 Å². The number of phenolic OH excluding ortho intramolecular Hbond substituents is 1. The molecular formula is C17H20FNO. The van der Waals surface area contributed by atoms with Crippen molar-refractivity contribution in [1.82, 2.24) is 5.32 Å². The van der Waals surface area contributed by atoms with Crippen LogP contribution in [0.1, 0.15) is 18.1 Å². The van der Waals surface area contributed by atoms with Crippen molar-refractivity contribution in [3.63, 3.8) is 0 Å². The largest absolute Gasteiger partial charge is 0.508 e. The van der Waals surface area contributed by atoms with E-state index >= 15 is 0 Å². The van der Waals surface area contributed by atoms with Crippen molar-refractivity contribution < 1.29 is 9.50 Å². The van der Waals surface area contributed by atoms with Crippen molar-refractivity contribution in [3.8, 4) is 5.75 Å². The second-order valence-electron chi connectivity index (χ2n) is 5.07. The molecule has 0 amide bonds. The highest BCUT2D eigenvalue weighted by Crippen LogP contribution is 2.11. The van der Waals surface area contributed by atoms with Crippen LogP contribution in [0, 0.1) is 5.82 Å². The van der Waals surface area contributed by atoms with Gasteiger partial charge in [0, 0.05) is 6.04 Å². The minimum Gasteiger partial charge on any atom is -0.508 e. The van der Waals surface area contributed by atoms with Gasteiger partial charge in [-0.1, -0.05) is 30.3 Å². The van der Waals surface area contributed by atoms with E-state index in [1.165, 1.54) is 11.6 Å². The van der Waals surface area contributed by atoms with Gasteiger partial charge in [0.1, 0.15) is 11.6 Å². The Labute approximate surface area is 119 Å². The Hall–Kier alpha value is -1.87. The van der Waals surface area contributed by atoms with Gasteiger partial charge in [-0.2, -0.15) is 0 Å². The number of rotatable bonds is 6. The summed E-state index contributed by atoms with van der Waals surface area (Å²) in [6, 6.07) is 14.3. The summed E-state index contributed by atoms with van der Waals surface area (Å²) in [5.41, 5.74) is 1.92. The van der Waals surface area contributed by atoms with E-state index in [1.54, 1.807) is 18.2 Å². The molecule has 0 aromatic heterocycles. The maximum atomic E-state index is 13.5. The lowest BCUT2D eigenvalue weighted by atomic mass is 10.1. The van der Waals surface area contributed by atoms with Gasteiger partial charge in [-0.25, -0.2) is 4.39 Å². The molecule has 0 fully saturated rings. The van der Waals surface area contributed by atoms with Crippen LogP contribution in [-0.4, -0.2) is 17.7 Å². The Balaban J connectivity index is 1.76. The zero-order chi connectivity index (χ0) is 14.4. The topological polar surface area (TPSA) is 32.3 Å². The summed E-state index contributed by atoms with van der Waals surface area (Å²) in [4.78, 5) is 0. The summed E-state index contributed by atoms with van der Waals surface area (Å²) in [6.07, 6.45) is 1.57. The molecule has 106 valence electrons. The lowest BCUT2D eigenvalue weighted by Crippen LogP contribution is -2.30. The molecule has 0 saturated carbocycles. The lowest BCUT2D eigenvalue weighted by molar-refractivity contribution is 0.475. The first-order valence-electron chi connectivity index (χ1n) is 6.90. The van der Waals surface area contributed by atoms with Crippen molar-refractivity contribution in [1.29, 1.82) is 0 Å². The van der Waals surface area contributed by atoms with Crippen LogP contribution in [0.2, 0.25) is 0 Å². The highest BCUT2D eigenvalue weighted by Gasteiger charge is 2.06. The third kappa shape index (κ3) is 4.35. The van der Waals surface area contributed by atoms with E-state index in [1.807, 2.05) is 24.3 Å². The maximum Gasteiger partial charge on any atom is 0.126 e. The van der Waals surface area contributed by atoms with E-state index in [0.717, 1.165) is 18.5 Å². The first-order valence-corrected chi connectivity index (χ1v) is 6.90. The van der Waals surface area contributed by atoms with Gasteiger partial charge in [-0.15, -0.1) is 0 Å². The maximum absolute atomic E-state index is 13.5. The van der Waals surface area contributed by atoms with Gasteiger partial charge in [0.15, 0.2) is 0 Å². The minimum atomic E-state index is -0.139. The predicted octanol–water partition coefficient (Wildman–Crippen LogP) is 3.29. The molecule has 2 rings (SSSR count). The molecule has 20 heavy (non-hydrogen) atoms. The molecule has 2 nitrogen and oxygen atoms in total. The average molecular weight is 273 g/mol. The van der Waals surface area contributed by atoms with Crippen molar-refractivity contribution in [2.24, 2.45) is 0 Å². The molecule has 2 aromatic carbocycles. The van der Waals surface area contributed by atoms with Crippen molar-refractivity contribution in [2.75, 3.05) is 6.54 Å². The minimum absolute atomic E-state index is 0.139. The average Bonchev–Trinajstić information content (AvgIpc) is 2.44. The van der Waals surface area contributed by atoms with Crippen LogP contribution in [-0.2, 0) is 12.8 Å². The van der Waals surface area contributed by atoms with Gasteiger partial charge in [0.05, 0.1) is 0 Å². The standard InChI is InChI=1S/C17H20FNO/c1-13(12-15-4-2-3-5-17(15)18)19-11-10-14-6-8-16(20)9-7-14/h2-9,13,19-20H,10-12H2,1H3. The number of phenols is 1. The summed E-state index contributed by atoms with van der Waals surface area (Å²) < 4.78 is 13.5. The zero-order valence-electron chi connectivity index (χ0n) is 11.6. The van der Waals surface area contributed by atoms with Gasteiger partial charge >= 0.3 is 0 Å². The van der Waals surface area contributed by atoms with Crippen LogP contribution in [0.4, 0.5) is 4.39 Å². The van der Waals surface area contributed by atoms with Gasteiger partial charge in [-0.3, -0.25) is 0 Å². The summed E-state index contributed by atoms with van der Waals surface area (Å²) in [6.45, 7) is 2.89. The van der Waals surface area contributed by atoms with Crippen LogP contribution < -0.4 is 5.32 Å². The first-order chi connectivity index (χ1) is 9.65. The number of hydrogen-bond acceptors (Lipinski definition) is 2. The fraction of sp³-hybridized carbons (Fsp3) is 0.294. The lowest BCUT2D eigenvalue weighted by Gasteiger charge is -2.14. The molecule has 0 radical (unpaired) electrons. The highest BCUT2D eigenvalue weighted by atomic mass is 19.1. The molecular weight excluding hydrogens is 253 g/mol. The molecule has 0 aliphatic heterocycles. The fourth-order valence-electron chi connectivity index (χ4n) is 2.19. The van der Waals surface area contributed by atoms with E-state index in [2.05, 4.69) is 12.2 Å². The number of hydrogen-bond donors (Lipinski definition) is 2. The second kappa shape index (κ2) is 7.06. The molecule has 1 unspecified atom stereocenters. The van der Waals surface area contributed by atoms with Crippen molar-refractivity contribution in [2.45, 2.75) is 25.8 Å². The summed E-state index contributed by atoms with van der Waals surface area (Å²) >= 11 is 0. The Morgan fingerprint density at radius 1 is 1.10 bits per heavy atom. The number of aromatic hydroxyl groups is 1. The molecule has 0 aliphatic rings. The summed E-state index contributed by atoms with van der Waals surface area (Å²) in [7, 11) is 0. The van der Waals surface area contributed by atoms with Gasteiger partial charge in [0.2, 0.25) is 0 Å².